The van der Waals surface area contributed by atoms with Crippen LogP contribution < -0.4 is 10.1 Å². The lowest BCUT2D eigenvalue weighted by molar-refractivity contribution is -0.274. The molecule has 0 radical (unpaired) electrons. The minimum atomic E-state index is -4.76. The van der Waals surface area contributed by atoms with Gasteiger partial charge in [0.2, 0.25) is 5.91 Å². The van der Waals surface area contributed by atoms with Gasteiger partial charge in [0, 0.05) is 18.1 Å². The van der Waals surface area contributed by atoms with Crippen molar-refractivity contribution in [3.8, 4) is 5.75 Å². The minimum Gasteiger partial charge on any atom is -0.406 e. The van der Waals surface area contributed by atoms with E-state index in [4.69, 9.17) is 4.52 Å². The van der Waals surface area contributed by atoms with Crippen molar-refractivity contribution in [2.45, 2.75) is 33.1 Å². The van der Waals surface area contributed by atoms with Crippen molar-refractivity contribution in [3.63, 3.8) is 0 Å². The highest BCUT2D eigenvalue weighted by Crippen LogP contribution is 2.31. The molecule has 0 bridgehead atoms. The van der Waals surface area contributed by atoms with Crippen molar-refractivity contribution >= 4 is 32.6 Å². The van der Waals surface area contributed by atoms with Crippen LogP contribution in [0, 0.1) is 13.8 Å². The number of nitrogens with one attached hydrogen (secondary N) is 1. The standard InChI is InChI=1S/C16H14F3N3O3S/c1-8-11(9(2)25-22-8)4-6-14(23)21-15-20-12-5-3-10(7-13(12)26-15)24-16(17,18)19/h3,5,7H,4,6H2,1-2H3,(H,20,21,23). The number of aryl methyl sites for hydroxylation is 2. The van der Waals surface area contributed by atoms with Crippen LogP contribution in [0.1, 0.15) is 23.4 Å². The third kappa shape index (κ3) is 4.31. The number of aromatic nitrogens is 2. The summed E-state index contributed by atoms with van der Waals surface area (Å²) in [6, 6.07) is 3.82. The molecule has 0 unspecified atom stereocenters. The predicted molar refractivity (Wildman–Crippen MR) is 89.2 cm³/mol. The number of thiazole rings is 1. The summed E-state index contributed by atoms with van der Waals surface area (Å²) in [4.78, 5) is 16.3. The van der Waals surface area contributed by atoms with Gasteiger partial charge >= 0.3 is 6.36 Å². The molecule has 1 amide bonds. The number of alkyl halides is 3. The second-order valence-electron chi connectivity index (χ2n) is 5.55. The molecule has 0 aliphatic rings. The van der Waals surface area contributed by atoms with Gasteiger partial charge in [-0.3, -0.25) is 4.79 Å². The highest BCUT2D eigenvalue weighted by molar-refractivity contribution is 7.22. The lowest BCUT2D eigenvalue weighted by atomic mass is 10.1. The lowest BCUT2D eigenvalue weighted by Gasteiger charge is -2.07. The molecule has 0 aliphatic heterocycles. The third-order valence-corrected chi connectivity index (χ3v) is 4.56. The number of nitrogens with zero attached hydrogens (tertiary/aromatic N) is 2. The Kier molecular flexibility index (Phi) is 4.86. The van der Waals surface area contributed by atoms with E-state index in [0.717, 1.165) is 22.6 Å². The van der Waals surface area contributed by atoms with Gasteiger partial charge in [0.1, 0.15) is 11.5 Å². The van der Waals surface area contributed by atoms with Crippen molar-refractivity contribution in [1.29, 1.82) is 0 Å². The van der Waals surface area contributed by atoms with Gasteiger partial charge < -0.3 is 14.6 Å². The fourth-order valence-corrected chi connectivity index (χ4v) is 3.35. The zero-order chi connectivity index (χ0) is 18.9. The largest absolute Gasteiger partial charge is 0.573 e. The Balaban J connectivity index is 1.65. The van der Waals surface area contributed by atoms with Crippen molar-refractivity contribution in [3.05, 3.63) is 35.2 Å². The highest BCUT2D eigenvalue weighted by Gasteiger charge is 2.31. The Morgan fingerprint density at radius 3 is 2.77 bits per heavy atom. The Labute approximate surface area is 150 Å². The lowest BCUT2D eigenvalue weighted by Crippen LogP contribution is -2.16. The van der Waals surface area contributed by atoms with E-state index in [-0.39, 0.29) is 18.1 Å². The molecule has 0 aliphatic carbocycles. The summed E-state index contributed by atoms with van der Waals surface area (Å²) in [6.45, 7) is 3.58. The average molecular weight is 385 g/mol. The molecule has 26 heavy (non-hydrogen) atoms. The minimum absolute atomic E-state index is 0.210. The molecule has 3 rings (SSSR count). The molecule has 0 atom stereocenters. The molecule has 138 valence electrons. The molecule has 3 aromatic rings. The molecule has 2 aromatic heterocycles. The maximum atomic E-state index is 12.3. The van der Waals surface area contributed by atoms with Gasteiger partial charge in [-0.25, -0.2) is 4.98 Å². The van der Waals surface area contributed by atoms with Crippen LogP contribution >= 0.6 is 11.3 Å². The van der Waals surface area contributed by atoms with Gasteiger partial charge in [-0.2, -0.15) is 0 Å². The first-order valence-electron chi connectivity index (χ1n) is 7.59. The van der Waals surface area contributed by atoms with Crippen molar-refractivity contribution in [2.75, 3.05) is 5.32 Å². The van der Waals surface area contributed by atoms with Crippen LogP contribution in [-0.2, 0) is 11.2 Å². The SMILES string of the molecule is Cc1noc(C)c1CCC(=O)Nc1nc2ccc(OC(F)(F)F)cc2s1. The summed E-state index contributed by atoms with van der Waals surface area (Å²) in [5.41, 5.74) is 2.11. The van der Waals surface area contributed by atoms with E-state index in [0.29, 0.717) is 27.5 Å². The van der Waals surface area contributed by atoms with Crippen molar-refractivity contribution in [1.82, 2.24) is 10.1 Å². The first-order valence-corrected chi connectivity index (χ1v) is 8.41. The topological polar surface area (TPSA) is 77.3 Å². The summed E-state index contributed by atoms with van der Waals surface area (Å²) in [7, 11) is 0. The van der Waals surface area contributed by atoms with Crippen LogP contribution in [0.2, 0.25) is 0 Å². The van der Waals surface area contributed by atoms with Gasteiger partial charge in [-0.05, 0) is 32.4 Å². The number of benzene rings is 1. The molecule has 6 nitrogen and oxygen atoms in total. The van der Waals surface area contributed by atoms with E-state index in [1.807, 2.05) is 0 Å². The van der Waals surface area contributed by atoms with E-state index >= 15 is 0 Å². The number of rotatable bonds is 5. The first-order chi connectivity index (χ1) is 12.2. The van der Waals surface area contributed by atoms with Crippen LogP contribution in [0.4, 0.5) is 18.3 Å². The van der Waals surface area contributed by atoms with Gasteiger partial charge in [-0.15, -0.1) is 13.2 Å². The summed E-state index contributed by atoms with van der Waals surface area (Å²) < 4.78 is 46.2. The van der Waals surface area contributed by atoms with E-state index in [2.05, 4.69) is 20.2 Å². The molecular weight excluding hydrogens is 371 g/mol. The summed E-state index contributed by atoms with van der Waals surface area (Å²) >= 11 is 1.07. The van der Waals surface area contributed by atoms with Crippen LogP contribution in [0.3, 0.4) is 0 Å². The van der Waals surface area contributed by atoms with Crippen LogP contribution in [-0.4, -0.2) is 22.4 Å². The van der Waals surface area contributed by atoms with Crippen LogP contribution in [0.5, 0.6) is 5.75 Å². The smallest absolute Gasteiger partial charge is 0.406 e. The molecule has 1 N–H and O–H groups in total. The van der Waals surface area contributed by atoms with Gasteiger partial charge in [0.05, 0.1) is 15.9 Å². The number of amides is 1. The second kappa shape index (κ2) is 6.94. The third-order valence-electron chi connectivity index (χ3n) is 3.62. The van der Waals surface area contributed by atoms with Gasteiger partial charge in [0.15, 0.2) is 5.13 Å². The van der Waals surface area contributed by atoms with Gasteiger partial charge in [-0.1, -0.05) is 16.5 Å². The Hall–Kier alpha value is -2.62. The number of carbonyl (C=O) groups is 1. The molecular formula is C16H14F3N3O3S. The summed E-state index contributed by atoms with van der Waals surface area (Å²) in [5, 5.41) is 6.80. The Bertz CT molecular complexity index is 930. The number of carbonyl (C=O) groups excluding carboxylic acids is 1. The fourth-order valence-electron chi connectivity index (χ4n) is 2.43. The molecule has 1 aromatic carbocycles. The van der Waals surface area contributed by atoms with E-state index in [1.165, 1.54) is 18.2 Å². The second-order valence-corrected chi connectivity index (χ2v) is 6.58. The first kappa shape index (κ1) is 18.2. The maximum absolute atomic E-state index is 12.3. The van der Waals surface area contributed by atoms with E-state index < -0.39 is 6.36 Å². The molecule has 2 heterocycles. The quantitative estimate of drug-likeness (QED) is 0.706. The normalized spacial score (nSPS) is 11.7. The van der Waals surface area contributed by atoms with Crippen LogP contribution in [0.15, 0.2) is 22.7 Å². The number of ether oxygens (including phenoxy) is 1. The summed E-state index contributed by atoms with van der Waals surface area (Å²) in [5.74, 6) is 0.0910. The number of hydrogen-bond donors (Lipinski definition) is 1. The van der Waals surface area contributed by atoms with Gasteiger partial charge in [0.25, 0.3) is 0 Å². The predicted octanol–water partition coefficient (Wildman–Crippen LogP) is 4.37. The molecule has 0 spiro atoms. The van der Waals surface area contributed by atoms with Crippen LogP contribution in [0.25, 0.3) is 10.2 Å². The Morgan fingerprint density at radius 2 is 2.12 bits per heavy atom. The number of hydrogen-bond acceptors (Lipinski definition) is 6. The average Bonchev–Trinajstić information content (AvgIpc) is 3.06. The number of anilines is 1. The number of fused-ring (bicyclic) bond motifs is 1. The Morgan fingerprint density at radius 1 is 1.35 bits per heavy atom. The summed E-state index contributed by atoms with van der Waals surface area (Å²) in [6.07, 6.45) is -4.07. The van der Waals surface area contributed by atoms with Crippen molar-refractivity contribution < 1.29 is 27.2 Å². The fraction of sp³-hybridized carbons (Fsp3) is 0.312. The van der Waals surface area contributed by atoms with E-state index in [9.17, 15) is 18.0 Å². The molecule has 10 heteroatoms. The zero-order valence-electron chi connectivity index (χ0n) is 13.8. The molecule has 0 fully saturated rings. The van der Waals surface area contributed by atoms with Crippen molar-refractivity contribution in [2.24, 2.45) is 0 Å². The molecule has 0 saturated carbocycles. The monoisotopic (exact) mass is 385 g/mol. The molecule has 0 saturated heterocycles. The number of halogens is 3. The van der Waals surface area contributed by atoms with E-state index in [1.54, 1.807) is 13.8 Å². The maximum Gasteiger partial charge on any atom is 0.573 e. The zero-order valence-corrected chi connectivity index (χ0v) is 14.6. The highest BCUT2D eigenvalue weighted by atomic mass is 32.1.